The third kappa shape index (κ3) is 3.30. The summed E-state index contributed by atoms with van der Waals surface area (Å²) in [5, 5.41) is 3.64. The van der Waals surface area contributed by atoms with Crippen molar-refractivity contribution in [3.63, 3.8) is 0 Å². The highest BCUT2D eigenvalue weighted by Crippen LogP contribution is 2.22. The van der Waals surface area contributed by atoms with Crippen molar-refractivity contribution in [3.8, 4) is 0 Å². The number of carbonyl (C=O) groups excluding carboxylic acids is 1. The topological polar surface area (TPSA) is 67.2 Å². The van der Waals surface area contributed by atoms with Gasteiger partial charge in [-0.05, 0) is 43.2 Å². The first-order valence-corrected chi connectivity index (χ1v) is 10.6. The zero-order valence-corrected chi connectivity index (χ0v) is 16.3. The van der Waals surface area contributed by atoms with E-state index in [0.29, 0.717) is 29.8 Å². The van der Waals surface area contributed by atoms with Crippen LogP contribution in [-0.2, 0) is 6.54 Å². The van der Waals surface area contributed by atoms with Crippen LogP contribution in [0.15, 0.2) is 47.5 Å². The Morgan fingerprint density at radius 1 is 1.14 bits per heavy atom. The first kappa shape index (κ1) is 17.7. The molecule has 28 heavy (non-hydrogen) atoms. The van der Waals surface area contributed by atoms with Gasteiger partial charge >= 0.3 is 4.87 Å². The highest BCUT2D eigenvalue weighted by atomic mass is 32.1. The molecule has 4 heterocycles. The number of hydrogen-bond acceptors (Lipinski definition) is 6. The zero-order chi connectivity index (χ0) is 19.1. The molecule has 2 unspecified atom stereocenters. The van der Waals surface area contributed by atoms with Crippen LogP contribution in [0.1, 0.15) is 28.8 Å². The van der Waals surface area contributed by atoms with E-state index in [2.05, 4.69) is 15.2 Å². The number of carbonyl (C=O) groups is 1. The van der Waals surface area contributed by atoms with Crippen molar-refractivity contribution in [1.82, 2.24) is 19.8 Å². The molecule has 2 fully saturated rings. The molecule has 1 N–H and O–H groups in total. The summed E-state index contributed by atoms with van der Waals surface area (Å²) in [7, 11) is 0. The normalized spacial score (nSPS) is 22.0. The maximum Gasteiger partial charge on any atom is 0.308 e. The van der Waals surface area contributed by atoms with E-state index in [4.69, 9.17) is 0 Å². The van der Waals surface area contributed by atoms with Gasteiger partial charge in [0.25, 0.3) is 0 Å². The molecule has 0 spiro atoms. The Bertz CT molecular complexity index is 1060. The molecule has 6 nitrogen and oxygen atoms in total. The molecule has 1 aromatic carbocycles. The molecule has 7 heteroatoms. The van der Waals surface area contributed by atoms with E-state index in [0.717, 1.165) is 29.9 Å². The van der Waals surface area contributed by atoms with Gasteiger partial charge in [-0.1, -0.05) is 11.3 Å². The molecule has 2 aromatic heterocycles. The van der Waals surface area contributed by atoms with E-state index < -0.39 is 0 Å². The van der Waals surface area contributed by atoms with Crippen LogP contribution in [0.5, 0.6) is 0 Å². The van der Waals surface area contributed by atoms with Crippen molar-refractivity contribution >= 4 is 27.3 Å². The summed E-state index contributed by atoms with van der Waals surface area (Å²) in [4.78, 5) is 31.7. The van der Waals surface area contributed by atoms with Gasteiger partial charge in [-0.15, -0.1) is 0 Å². The Morgan fingerprint density at radius 2 is 1.96 bits per heavy atom. The largest absolute Gasteiger partial charge is 0.309 e. The van der Waals surface area contributed by atoms with Gasteiger partial charge in [-0.25, -0.2) is 0 Å². The van der Waals surface area contributed by atoms with Crippen molar-refractivity contribution in [1.29, 1.82) is 0 Å². The van der Waals surface area contributed by atoms with E-state index in [9.17, 15) is 9.59 Å². The van der Waals surface area contributed by atoms with E-state index >= 15 is 0 Å². The number of fused-ring (bicyclic) bond motifs is 3. The molecule has 144 valence electrons. The molecule has 2 atom stereocenters. The first-order valence-electron chi connectivity index (χ1n) is 9.74. The number of pyridine rings is 1. The Labute approximate surface area is 166 Å². The maximum absolute atomic E-state index is 12.6. The van der Waals surface area contributed by atoms with Gasteiger partial charge in [0.1, 0.15) is 0 Å². The SMILES string of the molecule is O=C(c1cccnc1)c1ccc2c(c1)sc(=O)n2CCN1CC2CCC(C1)N2. The van der Waals surface area contributed by atoms with Gasteiger partial charge < -0.3 is 5.32 Å². The predicted octanol–water partition coefficient (Wildman–Crippen LogP) is 2.13. The molecule has 0 radical (unpaired) electrons. The van der Waals surface area contributed by atoms with Gasteiger partial charge in [0.15, 0.2) is 5.78 Å². The minimum absolute atomic E-state index is 0.0408. The second kappa shape index (κ2) is 7.24. The quantitative estimate of drug-likeness (QED) is 0.672. The molecule has 0 saturated carbocycles. The van der Waals surface area contributed by atoms with E-state index in [-0.39, 0.29) is 10.7 Å². The molecule has 5 rings (SSSR count). The number of hydrogen-bond donors (Lipinski definition) is 1. The molecular weight excluding hydrogens is 372 g/mol. The van der Waals surface area contributed by atoms with Crippen LogP contribution in [-0.4, -0.2) is 52.0 Å². The second-order valence-electron chi connectivity index (χ2n) is 7.67. The fourth-order valence-electron chi connectivity index (χ4n) is 4.40. The summed E-state index contributed by atoms with van der Waals surface area (Å²) in [6, 6.07) is 10.3. The molecule has 2 aliphatic heterocycles. The number of ketones is 1. The lowest BCUT2D eigenvalue weighted by Crippen LogP contribution is -2.51. The number of nitrogens with one attached hydrogen (secondary N) is 1. The molecule has 2 saturated heterocycles. The Kier molecular flexibility index (Phi) is 4.58. The number of thiazole rings is 1. The fraction of sp³-hybridized carbons (Fsp3) is 0.381. The average molecular weight is 395 g/mol. The first-order chi connectivity index (χ1) is 13.7. The minimum atomic E-state index is -0.0707. The van der Waals surface area contributed by atoms with Crippen LogP contribution in [0.25, 0.3) is 10.2 Å². The van der Waals surface area contributed by atoms with Crippen molar-refractivity contribution in [2.45, 2.75) is 31.5 Å². The molecule has 3 aromatic rings. The van der Waals surface area contributed by atoms with Crippen LogP contribution in [0.3, 0.4) is 0 Å². The highest BCUT2D eigenvalue weighted by Gasteiger charge is 2.31. The Morgan fingerprint density at radius 3 is 2.71 bits per heavy atom. The summed E-state index contributed by atoms with van der Waals surface area (Å²) in [6.45, 7) is 3.71. The third-order valence-corrected chi connectivity index (χ3v) is 6.73. The Hall–Kier alpha value is -2.35. The van der Waals surface area contributed by atoms with Crippen molar-refractivity contribution < 1.29 is 4.79 Å². The predicted molar refractivity (Wildman–Crippen MR) is 110 cm³/mol. The molecule has 0 aliphatic carbocycles. The summed E-state index contributed by atoms with van der Waals surface area (Å²) < 4.78 is 2.71. The summed E-state index contributed by atoms with van der Waals surface area (Å²) in [5.74, 6) is -0.0707. The second-order valence-corrected chi connectivity index (χ2v) is 8.66. The van der Waals surface area contributed by atoms with E-state index in [1.165, 1.54) is 24.2 Å². The van der Waals surface area contributed by atoms with Crippen LogP contribution in [0, 0.1) is 0 Å². The van der Waals surface area contributed by atoms with Gasteiger partial charge in [-0.2, -0.15) is 0 Å². The van der Waals surface area contributed by atoms with Crippen LogP contribution < -0.4 is 10.2 Å². The van der Waals surface area contributed by atoms with Gasteiger partial charge in [-0.3, -0.25) is 24.0 Å². The van der Waals surface area contributed by atoms with Gasteiger partial charge in [0, 0.05) is 61.8 Å². The smallest absolute Gasteiger partial charge is 0.308 e. The highest BCUT2D eigenvalue weighted by molar-refractivity contribution is 7.16. The zero-order valence-electron chi connectivity index (χ0n) is 15.5. The lowest BCUT2D eigenvalue weighted by molar-refractivity contribution is 0.103. The van der Waals surface area contributed by atoms with E-state index in [1.807, 2.05) is 22.8 Å². The number of nitrogens with zero attached hydrogens (tertiary/aromatic N) is 3. The fourth-order valence-corrected chi connectivity index (χ4v) is 5.35. The maximum atomic E-state index is 12.6. The standard InChI is InChI=1S/C21H22N4O2S/c26-20(15-2-1-7-22-11-15)14-3-6-18-19(10-14)28-21(27)25(18)9-8-24-12-16-4-5-17(13-24)23-16/h1-3,6-7,10-11,16-17,23H,4-5,8-9,12-13H2. The number of rotatable bonds is 5. The molecule has 2 bridgehead atoms. The van der Waals surface area contributed by atoms with Crippen molar-refractivity contribution in [2.75, 3.05) is 19.6 Å². The number of likely N-dealkylation sites (tertiary alicyclic amines) is 1. The molecule has 0 amide bonds. The minimum Gasteiger partial charge on any atom is -0.309 e. The van der Waals surface area contributed by atoms with Crippen LogP contribution in [0.4, 0.5) is 0 Å². The number of benzene rings is 1. The van der Waals surface area contributed by atoms with Gasteiger partial charge in [0.2, 0.25) is 0 Å². The number of aromatic nitrogens is 2. The lowest BCUT2D eigenvalue weighted by Gasteiger charge is -2.32. The van der Waals surface area contributed by atoms with E-state index in [1.54, 1.807) is 24.5 Å². The summed E-state index contributed by atoms with van der Waals surface area (Å²) >= 11 is 1.21. The third-order valence-electron chi connectivity index (χ3n) is 5.79. The van der Waals surface area contributed by atoms with Crippen LogP contribution in [0.2, 0.25) is 0 Å². The van der Waals surface area contributed by atoms with Crippen molar-refractivity contribution in [2.24, 2.45) is 0 Å². The average Bonchev–Trinajstić information content (AvgIpc) is 3.23. The van der Waals surface area contributed by atoms with Crippen molar-refractivity contribution in [3.05, 3.63) is 63.5 Å². The monoisotopic (exact) mass is 394 g/mol. The number of piperazine rings is 1. The molecule has 2 aliphatic rings. The summed E-state index contributed by atoms with van der Waals surface area (Å²) in [5.41, 5.74) is 2.06. The molecular formula is C21H22N4O2S. The lowest BCUT2D eigenvalue weighted by atomic mass is 10.1. The summed E-state index contributed by atoms with van der Waals surface area (Å²) in [6.07, 6.45) is 5.74. The van der Waals surface area contributed by atoms with Crippen LogP contribution >= 0.6 is 11.3 Å². The Balaban J connectivity index is 1.36. The van der Waals surface area contributed by atoms with Gasteiger partial charge in [0.05, 0.1) is 10.2 Å².